The molecule has 94 valence electrons. The fourth-order valence-electron chi connectivity index (χ4n) is 1.31. The minimum absolute atomic E-state index is 0.128. The molecule has 1 aromatic rings. The SMILES string of the molecule is C=CC(P(=O)(O)O)S(=O)(=O)c1ccc(C)cc1. The second kappa shape index (κ2) is 4.74. The van der Waals surface area contributed by atoms with Crippen molar-refractivity contribution in [3.05, 3.63) is 42.5 Å². The van der Waals surface area contributed by atoms with Crippen LogP contribution in [0.25, 0.3) is 0 Å². The molecule has 0 radical (unpaired) electrons. The Morgan fingerprint density at radius 1 is 1.29 bits per heavy atom. The Morgan fingerprint density at radius 3 is 2.12 bits per heavy atom. The Morgan fingerprint density at radius 2 is 1.76 bits per heavy atom. The third kappa shape index (κ3) is 3.04. The van der Waals surface area contributed by atoms with Crippen molar-refractivity contribution in [3.63, 3.8) is 0 Å². The van der Waals surface area contributed by atoms with Crippen LogP contribution in [0.2, 0.25) is 0 Å². The molecule has 0 aliphatic rings. The van der Waals surface area contributed by atoms with Gasteiger partial charge >= 0.3 is 7.60 Å². The highest BCUT2D eigenvalue weighted by Crippen LogP contribution is 2.46. The van der Waals surface area contributed by atoms with Gasteiger partial charge in [-0.1, -0.05) is 23.8 Å². The lowest BCUT2D eigenvalue weighted by atomic mass is 10.2. The summed E-state index contributed by atoms with van der Waals surface area (Å²) in [5.41, 5.74) is 0.857. The first-order valence-corrected chi connectivity index (χ1v) is 7.90. The van der Waals surface area contributed by atoms with Crippen molar-refractivity contribution in [1.29, 1.82) is 0 Å². The van der Waals surface area contributed by atoms with Gasteiger partial charge in [-0.05, 0) is 19.1 Å². The quantitative estimate of drug-likeness (QED) is 0.641. The summed E-state index contributed by atoms with van der Waals surface area (Å²) in [5.74, 6) is 0. The van der Waals surface area contributed by atoms with E-state index in [0.717, 1.165) is 11.6 Å². The maximum atomic E-state index is 12.0. The molecule has 5 nitrogen and oxygen atoms in total. The fourth-order valence-corrected chi connectivity index (χ4v) is 4.45. The van der Waals surface area contributed by atoms with E-state index in [4.69, 9.17) is 9.79 Å². The monoisotopic (exact) mass is 276 g/mol. The molecule has 0 saturated heterocycles. The molecule has 0 spiro atoms. The number of rotatable bonds is 4. The fraction of sp³-hybridized carbons (Fsp3) is 0.200. The van der Waals surface area contributed by atoms with Gasteiger partial charge in [0, 0.05) is 0 Å². The predicted octanol–water partition coefficient (Wildman–Crippen LogP) is 1.46. The average Bonchev–Trinajstić information content (AvgIpc) is 2.16. The smallest absolute Gasteiger partial charge is 0.323 e. The zero-order valence-electron chi connectivity index (χ0n) is 9.15. The van der Waals surface area contributed by atoms with E-state index >= 15 is 0 Å². The Bertz CT molecular complexity index is 555. The van der Waals surface area contributed by atoms with Crippen molar-refractivity contribution in [1.82, 2.24) is 0 Å². The Hall–Kier alpha value is -0.940. The van der Waals surface area contributed by atoms with E-state index < -0.39 is 22.4 Å². The zero-order chi connectivity index (χ0) is 13.3. The Balaban J connectivity index is 3.32. The third-order valence-corrected chi connectivity index (χ3v) is 6.49. The molecule has 1 unspecified atom stereocenters. The number of hydrogen-bond acceptors (Lipinski definition) is 3. The van der Waals surface area contributed by atoms with E-state index in [0.29, 0.717) is 0 Å². The van der Waals surface area contributed by atoms with Crippen LogP contribution in [0.1, 0.15) is 5.56 Å². The highest BCUT2D eigenvalue weighted by Gasteiger charge is 2.38. The van der Waals surface area contributed by atoms with Crippen molar-refractivity contribution < 1.29 is 22.8 Å². The van der Waals surface area contributed by atoms with Crippen LogP contribution in [0, 0.1) is 6.92 Å². The lowest BCUT2D eigenvalue weighted by Gasteiger charge is -2.15. The van der Waals surface area contributed by atoms with Crippen LogP contribution in [-0.4, -0.2) is 23.2 Å². The first kappa shape index (κ1) is 14.1. The standard InChI is InChI=1S/C10H13O5PS/c1-3-10(16(11,12)13)17(14,15)9-6-4-8(2)5-7-9/h3-7,10H,1H2,2H3,(H2,11,12,13). The van der Waals surface area contributed by atoms with Gasteiger partial charge in [-0.25, -0.2) is 8.42 Å². The molecular weight excluding hydrogens is 263 g/mol. The van der Waals surface area contributed by atoms with E-state index in [9.17, 15) is 13.0 Å². The van der Waals surface area contributed by atoms with Crippen LogP contribution in [0.15, 0.2) is 41.8 Å². The molecule has 1 atom stereocenters. The van der Waals surface area contributed by atoms with Gasteiger partial charge < -0.3 is 9.79 Å². The van der Waals surface area contributed by atoms with Gasteiger partial charge in [-0.3, -0.25) is 4.57 Å². The molecule has 1 aromatic carbocycles. The lowest BCUT2D eigenvalue weighted by Crippen LogP contribution is -2.19. The molecule has 17 heavy (non-hydrogen) atoms. The van der Waals surface area contributed by atoms with Gasteiger partial charge in [0.05, 0.1) is 4.90 Å². The minimum atomic E-state index is -4.78. The Kier molecular flexibility index (Phi) is 3.94. The molecule has 0 bridgehead atoms. The van der Waals surface area contributed by atoms with Crippen LogP contribution in [0.4, 0.5) is 0 Å². The topological polar surface area (TPSA) is 91.7 Å². The molecule has 0 saturated carbocycles. The summed E-state index contributed by atoms with van der Waals surface area (Å²) in [5, 5.41) is 0. The summed E-state index contributed by atoms with van der Waals surface area (Å²) in [4.78, 5) is 15.9. The maximum Gasteiger partial charge on any atom is 0.347 e. The van der Waals surface area contributed by atoms with Gasteiger partial charge in [0.15, 0.2) is 14.8 Å². The van der Waals surface area contributed by atoms with Crippen LogP contribution < -0.4 is 0 Å². The summed E-state index contributed by atoms with van der Waals surface area (Å²) in [6, 6.07) is 5.76. The van der Waals surface area contributed by atoms with Gasteiger partial charge in [0.25, 0.3) is 0 Å². The number of aryl methyl sites for hydroxylation is 1. The lowest BCUT2D eigenvalue weighted by molar-refractivity contribution is 0.372. The summed E-state index contributed by atoms with van der Waals surface area (Å²) < 4.78 is 35.0. The minimum Gasteiger partial charge on any atom is -0.323 e. The van der Waals surface area contributed by atoms with Crippen molar-refractivity contribution in [2.75, 3.05) is 0 Å². The van der Waals surface area contributed by atoms with E-state index in [-0.39, 0.29) is 4.90 Å². The van der Waals surface area contributed by atoms with E-state index in [1.807, 2.05) is 0 Å². The molecule has 7 heteroatoms. The summed E-state index contributed by atoms with van der Waals surface area (Å²) in [6.45, 7) is 4.95. The second-order valence-electron chi connectivity index (χ2n) is 3.57. The van der Waals surface area contributed by atoms with Gasteiger partial charge in [-0.15, -0.1) is 6.58 Å². The highest BCUT2D eigenvalue weighted by molar-refractivity contribution is 7.98. The number of hydrogen-bond donors (Lipinski definition) is 2. The third-order valence-electron chi connectivity index (χ3n) is 2.20. The van der Waals surface area contributed by atoms with Crippen LogP contribution in [-0.2, 0) is 14.4 Å². The first-order valence-electron chi connectivity index (χ1n) is 4.68. The van der Waals surface area contributed by atoms with Gasteiger partial charge in [-0.2, -0.15) is 0 Å². The summed E-state index contributed by atoms with van der Waals surface area (Å²) in [7, 11) is -8.89. The highest BCUT2D eigenvalue weighted by atomic mass is 32.2. The van der Waals surface area contributed by atoms with E-state index in [1.165, 1.54) is 12.1 Å². The van der Waals surface area contributed by atoms with Crippen LogP contribution in [0.5, 0.6) is 0 Å². The molecule has 0 fully saturated rings. The number of sulfone groups is 1. The largest absolute Gasteiger partial charge is 0.347 e. The molecule has 0 amide bonds. The normalized spacial score (nSPS) is 14.3. The Labute approximate surface area is 99.9 Å². The molecule has 2 N–H and O–H groups in total. The van der Waals surface area contributed by atoms with Crippen molar-refractivity contribution in [2.24, 2.45) is 0 Å². The van der Waals surface area contributed by atoms with E-state index in [2.05, 4.69) is 6.58 Å². The molecule has 0 aromatic heterocycles. The van der Waals surface area contributed by atoms with Crippen LogP contribution in [0.3, 0.4) is 0 Å². The maximum absolute atomic E-state index is 12.0. The molecule has 0 heterocycles. The summed E-state index contributed by atoms with van der Waals surface area (Å²) >= 11 is 0. The van der Waals surface area contributed by atoms with Gasteiger partial charge in [0.2, 0.25) is 0 Å². The molecular formula is C10H13O5PS. The first-order chi connectivity index (χ1) is 7.69. The summed E-state index contributed by atoms with van der Waals surface area (Å²) in [6.07, 6.45) is 0.760. The van der Waals surface area contributed by atoms with Crippen molar-refractivity contribution >= 4 is 17.4 Å². The molecule has 1 rings (SSSR count). The predicted molar refractivity (Wildman–Crippen MR) is 64.4 cm³/mol. The van der Waals surface area contributed by atoms with Crippen molar-refractivity contribution in [2.45, 2.75) is 16.8 Å². The van der Waals surface area contributed by atoms with Crippen LogP contribution >= 0.6 is 7.60 Å². The van der Waals surface area contributed by atoms with Gasteiger partial charge in [0.1, 0.15) is 0 Å². The zero-order valence-corrected chi connectivity index (χ0v) is 10.9. The number of benzene rings is 1. The second-order valence-corrected chi connectivity index (χ2v) is 7.73. The molecule has 0 aliphatic carbocycles. The molecule has 0 aliphatic heterocycles. The average molecular weight is 276 g/mol. The van der Waals surface area contributed by atoms with Crippen molar-refractivity contribution in [3.8, 4) is 0 Å². The van der Waals surface area contributed by atoms with E-state index in [1.54, 1.807) is 19.1 Å².